The number of carbonyl (C=O) groups excluding carboxylic acids is 2. The molecular formula is C14H15N3O3S3. The monoisotopic (exact) mass is 369 g/mol. The molecule has 23 heavy (non-hydrogen) atoms. The molecule has 0 fully saturated rings. The number of carbonyl (C=O) groups is 2. The Kier molecular flexibility index (Phi) is 6.31. The zero-order valence-corrected chi connectivity index (χ0v) is 15.0. The van der Waals surface area contributed by atoms with Gasteiger partial charge in [0.15, 0.2) is 8.29 Å². The number of methoxy groups -OCH3 is 1. The van der Waals surface area contributed by atoms with Crippen molar-refractivity contribution in [3.63, 3.8) is 0 Å². The molecule has 0 atom stereocenters. The number of aryl methyl sites for hydroxylation is 1. The quantitative estimate of drug-likeness (QED) is 0.479. The van der Waals surface area contributed by atoms with Crippen molar-refractivity contribution in [1.29, 1.82) is 0 Å². The van der Waals surface area contributed by atoms with Crippen LogP contribution in [0.3, 0.4) is 0 Å². The second-order valence-corrected chi connectivity index (χ2v) is 7.32. The fraction of sp³-hybridized carbons (Fsp3) is 0.286. The number of esters is 1. The van der Waals surface area contributed by atoms with Crippen molar-refractivity contribution >= 4 is 47.2 Å². The van der Waals surface area contributed by atoms with Gasteiger partial charge in [-0.1, -0.05) is 41.3 Å². The van der Waals surface area contributed by atoms with E-state index in [-0.39, 0.29) is 18.2 Å². The molecule has 122 valence electrons. The standard InChI is InChI=1S/C14H15N3O3S3/c1-9-5-3-4-6-10(9)17-14(21)23-13(16-17)22-8-11(18)15-7-12(19)20-2/h3-6H,7-8H2,1-2H3,(H,15,18). The Balaban J connectivity index is 1.99. The maximum atomic E-state index is 11.7. The zero-order valence-electron chi connectivity index (χ0n) is 12.6. The molecule has 1 N–H and O–H groups in total. The Labute approximate surface area is 146 Å². The first kappa shape index (κ1) is 17.6. The number of thioether (sulfide) groups is 1. The Hall–Kier alpha value is -1.71. The predicted molar refractivity (Wildman–Crippen MR) is 92.8 cm³/mol. The number of hydrogen-bond acceptors (Lipinski definition) is 7. The third-order valence-electron chi connectivity index (χ3n) is 2.86. The molecule has 0 radical (unpaired) electrons. The van der Waals surface area contributed by atoms with Crippen LogP contribution < -0.4 is 5.32 Å². The zero-order chi connectivity index (χ0) is 16.8. The second-order valence-electron chi connectivity index (χ2n) is 4.47. The molecule has 0 bridgehead atoms. The molecule has 9 heteroatoms. The van der Waals surface area contributed by atoms with E-state index in [0.29, 0.717) is 8.29 Å². The van der Waals surface area contributed by atoms with Crippen LogP contribution in [0.5, 0.6) is 0 Å². The van der Waals surface area contributed by atoms with Crippen LogP contribution >= 0.6 is 35.3 Å². The first-order chi connectivity index (χ1) is 11.0. The van der Waals surface area contributed by atoms with Crippen LogP contribution in [0.4, 0.5) is 0 Å². The maximum Gasteiger partial charge on any atom is 0.325 e. The van der Waals surface area contributed by atoms with Crippen LogP contribution in [0.15, 0.2) is 28.6 Å². The van der Waals surface area contributed by atoms with Gasteiger partial charge in [0.25, 0.3) is 0 Å². The van der Waals surface area contributed by atoms with E-state index in [9.17, 15) is 9.59 Å². The lowest BCUT2D eigenvalue weighted by Gasteiger charge is -2.04. The fourth-order valence-electron chi connectivity index (χ4n) is 1.69. The van der Waals surface area contributed by atoms with Gasteiger partial charge in [-0.05, 0) is 30.8 Å². The number of amides is 1. The van der Waals surface area contributed by atoms with Gasteiger partial charge in [-0.25, -0.2) is 4.68 Å². The van der Waals surface area contributed by atoms with Gasteiger partial charge in [0.1, 0.15) is 6.54 Å². The summed E-state index contributed by atoms with van der Waals surface area (Å²) in [6.07, 6.45) is 0. The molecule has 0 spiro atoms. The lowest BCUT2D eigenvalue weighted by Crippen LogP contribution is -2.31. The van der Waals surface area contributed by atoms with Gasteiger partial charge in [0.05, 0.1) is 18.6 Å². The van der Waals surface area contributed by atoms with Gasteiger partial charge in [0, 0.05) is 0 Å². The molecule has 0 saturated carbocycles. The summed E-state index contributed by atoms with van der Waals surface area (Å²) in [4.78, 5) is 22.6. The largest absolute Gasteiger partial charge is 0.468 e. The third-order valence-corrected chi connectivity index (χ3v) is 5.22. The summed E-state index contributed by atoms with van der Waals surface area (Å²) < 4.78 is 7.48. The number of ether oxygens (including phenoxy) is 1. The molecule has 1 heterocycles. The summed E-state index contributed by atoms with van der Waals surface area (Å²) in [6, 6.07) is 7.82. The van der Waals surface area contributed by atoms with E-state index in [2.05, 4.69) is 15.2 Å². The molecular weight excluding hydrogens is 354 g/mol. The van der Waals surface area contributed by atoms with Gasteiger partial charge < -0.3 is 10.1 Å². The van der Waals surface area contributed by atoms with Crippen LogP contribution in [-0.4, -0.2) is 41.1 Å². The summed E-state index contributed by atoms with van der Waals surface area (Å²) in [5.41, 5.74) is 2.00. The molecule has 2 rings (SSSR count). The highest BCUT2D eigenvalue weighted by Gasteiger charge is 2.11. The van der Waals surface area contributed by atoms with Crippen molar-refractivity contribution in [2.45, 2.75) is 11.3 Å². The topological polar surface area (TPSA) is 73.2 Å². The Morgan fingerprint density at radius 1 is 1.43 bits per heavy atom. The SMILES string of the molecule is COC(=O)CNC(=O)CSc1nn(-c2ccccc2C)c(=S)s1. The summed E-state index contributed by atoms with van der Waals surface area (Å²) in [7, 11) is 1.27. The van der Waals surface area contributed by atoms with Crippen molar-refractivity contribution in [3.05, 3.63) is 33.8 Å². The highest BCUT2D eigenvalue weighted by molar-refractivity contribution is 8.01. The average Bonchev–Trinajstić information content (AvgIpc) is 2.91. The summed E-state index contributed by atoms with van der Waals surface area (Å²) >= 11 is 7.97. The Morgan fingerprint density at radius 3 is 2.87 bits per heavy atom. The molecule has 1 aromatic heterocycles. The van der Waals surface area contributed by atoms with Crippen LogP contribution in [0, 0.1) is 10.9 Å². The summed E-state index contributed by atoms with van der Waals surface area (Å²) in [5.74, 6) is -0.584. The smallest absolute Gasteiger partial charge is 0.325 e. The Morgan fingerprint density at radius 2 is 2.17 bits per heavy atom. The number of para-hydroxylation sites is 1. The van der Waals surface area contributed by atoms with Crippen molar-refractivity contribution in [2.75, 3.05) is 19.4 Å². The molecule has 6 nitrogen and oxygen atoms in total. The van der Waals surface area contributed by atoms with E-state index >= 15 is 0 Å². The Bertz CT molecular complexity index is 770. The van der Waals surface area contributed by atoms with E-state index in [1.165, 1.54) is 30.2 Å². The van der Waals surface area contributed by atoms with Gasteiger partial charge in [-0.15, -0.1) is 5.10 Å². The van der Waals surface area contributed by atoms with Gasteiger partial charge in [-0.2, -0.15) is 0 Å². The van der Waals surface area contributed by atoms with Crippen LogP contribution in [0.25, 0.3) is 5.69 Å². The molecule has 0 unspecified atom stereocenters. The summed E-state index contributed by atoms with van der Waals surface area (Å²) in [6.45, 7) is 1.85. The van der Waals surface area contributed by atoms with Crippen LogP contribution in [0.1, 0.15) is 5.56 Å². The van der Waals surface area contributed by atoms with Crippen molar-refractivity contribution in [3.8, 4) is 5.69 Å². The van der Waals surface area contributed by atoms with Gasteiger partial charge >= 0.3 is 5.97 Å². The van der Waals surface area contributed by atoms with E-state index in [0.717, 1.165) is 11.3 Å². The maximum absolute atomic E-state index is 11.7. The van der Waals surface area contributed by atoms with Gasteiger partial charge in [0.2, 0.25) is 5.91 Å². The van der Waals surface area contributed by atoms with Gasteiger partial charge in [-0.3, -0.25) is 9.59 Å². The number of hydrogen-bond donors (Lipinski definition) is 1. The number of benzene rings is 1. The highest BCUT2D eigenvalue weighted by atomic mass is 32.2. The predicted octanol–water partition coefficient (Wildman–Crippen LogP) is 2.35. The minimum absolute atomic E-state index is 0.136. The van der Waals surface area contributed by atoms with Crippen molar-refractivity contribution in [1.82, 2.24) is 15.1 Å². The lowest BCUT2D eigenvalue weighted by atomic mass is 10.2. The molecule has 0 saturated heterocycles. The first-order valence-electron chi connectivity index (χ1n) is 6.63. The molecule has 1 amide bonds. The van der Waals surface area contributed by atoms with E-state index in [1.807, 2.05) is 31.2 Å². The van der Waals surface area contributed by atoms with E-state index in [4.69, 9.17) is 12.2 Å². The molecule has 0 aliphatic heterocycles. The normalized spacial score (nSPS) is 10.3. The van der Waals surface area contributed by atoms with Crippen molar-refractivity contribution < 1.29 is 14.3 Å². The number of aromatic nitrogens is 2. The fourth-order valence-corrected chi connectivity index (χ4v) is 3.87. The third kappa shape index (κ3) is 4.88. The highest BCUT2D eigenvalue weighted by Crippen LogP contribution is 2.24. The second kappa shape index (κ2) is 8.23. The molecule has 0 aliphatic rings. The molecule has 0 aliphatic carbocycles. The minimum Gasteiger partial charge on any atom is -0.468 e. The first-order valence-corrected chi connectivity index (χ1v) is 8.84. The van der Waals surface area contributed by atoms with Crippen LogP contribution in [0.2, 0.25) is 0 Å². The number of nitrogens with zero attached hydrogens (tertiary/aromatic N) is 2. The van der Waals surface area contributed by atoms with E-state index < -0.39 is 5.97 Å². The molecule has 1 aromatic carbocycles. The van der Waals surface area contributed by atoms with Crippen LogP contribution in [-0.2, 0) is 14.3 Å². The molecule has 2 aromatic rings. The number of nitrogens with one attached hydrogen (secondary N) is 1. The number of rotatable bonds is 6. The lowest BCUT2D eigenvalue weighted by molar-refractivity contribution is -0.140. The summed E-state index contributed by atoms with van der Waals surface area (Å²) in [5, 5.41) is 6.92. The van der Waals surface area contributed by atoms with Crippen molar-refractivity contribution in [2.24, 2.45) is 0 Å². The average molecular weight is 369 g/mol. The van der Waals surface area contributed by atoms with E-state index in [1.54, 1.807) is 4.68 Å². The minimum atomic E-state index is -0.483.